The van der Waals surface area contributed by atoms with Crippen molar-refractivity contribution in [3.8, 4) is 10.4 Å². The van der Waals surface area contributed by atoms with Crippen molar-refractivity contribution in [2.45, 2.75) is 0 Å². The van der Waals surface area contributed by atoms with Gasteiger partial charge in [0.15, 0.2) is 5.13 Å². The number of amides is 1. The lowest BCUT2D eigenvalue weighted by atomic mass is 10.2. The Morgan fingerprint density at radius 2 is 1.76 bits per heavy atom. The van der Waals surface area contributed by atoms with Crippen LogP contribution >= 0.6 is 22.7 Å². The molecule has 6 heteroatoms. The van der Waals surface area contributed by atoms with Gasteiger partial charge in [0, 0.05) is 11.9 Å². The zero-order valence-corrected chi connectivity index (χ0v) is 14.9. The third-order valence-corrected chi connectivity index (χ3v) is 6.05. The summed E-state index contributed by atoms with van der Waals surface area (Å²) < 4.78 is 14.1. The van der Waals surface area contributed by atoms with Crippen LogP contribution in [0.2, 0.25) is 0 Å². The van der Waals surface area contributed by atoms with Gasteiger partial charge in [-0.3, -0.25) is 9.69 Å². The lowest BCUT2D eigenvalue weighted by Gasteiger charge is -2.11. The number of para-hydroxylation sites is 1. The van der Waals surface area contributed by atoms with E-state index in [2.05, 4.69) is 4.98 Å². The number of carbonyl (C=O) groups excluding carboxylic acids is 1. The van der Waals surface area contributed by atoms with Crippen molar-refractivity contribution in [2.24, 2.45) is 0 Å². The van der Waals surface area contributed by atoms with Crippen LogP contribution in [0, 0.1) is 5.82 Å². The average molecular weight is 368 g/mol. The Labute approximate surface area is 152 Å². The monoisotopic (exact) mass is 368 g/mol. The molecule has 2 aromatic heterocycles. The zero-order valence-electron chi connectivity index (χ0n) is 13.3. The van der Waals surface area contributed by atoms with E-state index in [9.17, 15) is 9.18 Å². The van der Waals surface area contributed by atoms with Crippen LogP contribution in [-0.4, -0.2) is 17.9 Å². The van der Waals surface area contributed by atoms with E-state index in [1.807, 2.05) is 30.3 Å². The fraction of sp³-hybridized carbons (Fsp3) is 0.0526. The van der Waals surface area contributed by atoms with Gasteiger partial charge < -0.3 is 0 Å². The summed E-state index contributed by atoms with van der Waals surface area (Å²) in [5, 5.41) is 0.669. The molecule has 0 spiro atoms. The maximum atomic E-state index is 13.1. The van der Waals surface area contributed by atoms with E-state index >= 15 is 0 Å². The number of fused-ring (bicyclic) bond motifs is 1. The number of rotatable bonds is 3. The van der Waals surface area contributed by atoms with Gasteiger partial charge in [0.05, 0.1) is 15.1 Å². The topological polar surface area (TPSA) is 33.2 Å². The molecular weight excluding hydrogens is 355 g/mol. The van der Waals surface area contributed by atoms with Gasteiger partial charge in [0.25, 0.3) is 5.91 Å². The second-order valence-corrected chi connectivity index (χ2v) is 7.59. The SMILES string of the molecule is CN(C(=O)c1ccc(-c2ccc(F)cc2)s1)c1nc2ccccc2s1. The Morgan fingerprint density at radius 3 is 2.52 bits per heavy atom. The van der Waals surface area contributed by atoms with E-state index in [1.54, 1.807) is 30.1 Å². The van der Waals surface area contributed by atoms with E-state index in [-0.39, 0.29) is 11.7 Å². The van der Waals surface area contributed by atoms with Crippen LogP contribution in [0.4, 0.5) is 9.52 Å². The second-order valence-electron chi connectivity index (χ2n) is 5.50. The Hall–Kier alpha value is -2.57. The maximum absolute atomic E-state index is 13.1. The largest absolute Gasteiger partial charge is 0.286 e. The van der Waals surface area contributed by atoms with Crippen LogP contribution in [-0.2, 0) is 0 Å². The molecule has 0 saturated carbocycles. The molecule has 0 radical (unpaired) electrons. The highest BCUT2D eigenvalue weighted by atomic mass is 32.1. The van der Waals surface area contributed by atoms with Crippen LogP contribution in [0.3, 0.4) is 0 Å². The Bertz CT molecular complexity index is 1020. The molecule has 3 nitrogen and oxygen atoms in total. The van der Waals surface area contributed by atoms with Crippen molar-refractivity contribution in [1.29, 1.82) is 0 Å². The number of carbonyl (C=O) groups is 1. The number of benzene rings is 2. The van der Waals surface area contributed by atoms with Gasteiger partial charge in [-0.2, -0.15) is 0 Å². The molecule has 4 rings (SSSR count). The number of thiophene rings is 1. The quantitative estimate of drug-likeness (QED) is 0.482. The minimum atomic E-state index is -0.271. The average Bonchev–Trinajstić information content (AvgIpc) is 3.28. The van der Waals surface area contributed by atoms with Crippen molar-refractivity contribution >= 4 is 43.9 Å². The predicted molar refractivity (Wildman–Crippen MR) is 102 cm³/mol. The minimum Gasteiger partial charge on any atom is -0.286 e. The standard InChI is InChI=1S/C19H13FN2OS2/c1-22(19-21-14-4-2-3-5-16(14)25-19)18(23)17-11-10-15(24-17)12-6-8-13(20)9-7-12/h2-11H,1H3. The van der Waals surface area contributed by atoms with Gasteiger partial charge in [-0.05, 0) is 42.0 Å². The molecule has 1 amide bonds. The van der Waals surface area contributed by atoms with Crippen LogP contribution in [0.25, 0.3) is 20.7 Å². The van der Waals surface area contributed by atoms with Crippen LogP contribution in [0.5, 0.6) is 0 Å². The number of thiazole rings is 1. The lowest BCUT2D eigenvalue weighted by molar-refractivity contribution is 0.0997. The number of aromatic nitrogens is 1. The number of hydrogen-bond acceptors (Lipinski definition) is 4. The zero-order chi connectivity index (χ0) is 17.4. The molecule has 25 heavy (non-hydrogen) atoms. The maximum Gasteiger partial charge on any atom is 0.269 e. The fourth-order valence-corrected chi connectivity index (χ4v) is 4.39. The van der Waals surface area contributed by atoms with Gasteiger partial charge in [0.1, 0.15) is 5.82 Å². The summed E-state index contributed by atoms with van der Waals surface area (Å²) in [5.41, 5.74) is 1.79. The van der Waals surface area contributed by atoms with Gasteiger partial charge in [-0.1, -0.05) is 35.6 Å². The summed E-state index contributed by atoms with van der Waals surface area (Å²) in [7, 11) is 1.73. The predicted octanol–water partition coefficient (Wildman–Crippen LogP) is 5.44. The highest BCUT2D eigenvalue weighted by molar-refractivity contribution is 7.22. The third-order valence-electron chi connectivity index (χ3n) is 3.82. The smallest absolute Gasteiger partial charge is 0.269 e. The first-order valence-corrected chi connectivity index (χ1v) is 9.24. The summed E-state index contributed by atoms with van der Waals surface area (Å²) >= 11 is 2.88. The van der Waals surface area contributed by atoms with E-state index in [4.69, 9.17) is 0 Å². The molecular formula is C19H13FN2OS2. The van der Waals surface area contributed by atoms with E-state index < -0.39 is 0 Å². The van der Waals surface area contributed by atoms with Crippen molar-refractivity contribution < 1.29 is 9.18 Å². The van der Waals surface area contributed by atoms with Gasteiger partial charge in [-0.15, -0.1) is 11.3 Å². The highest BCUT2D eigenvalue weighted by Crippen LogP contribution is 2.32. The first-order chi connectivity index (χ1) is 12.1. The fourth-order valence-electron chi connectivity index (χ4n) is 2.48. The Balaban J connectivity index is 1.61. The molecule has 4 aromatic rings. The summed E-state index contributed by atoms with van der Waals surface area (Å²) in [6.07, 6.45) is 0. The van der Waals surface area contributed by atoms with Crippen LogP contribution in [0.15, 0.2) is 60.7 Å². The van der Waals surface area contributed by atoms with Crippen molar-refractivity contribution in [2.75, 3.05) is 11.9 Å². The molecule has 0 N–H and O–H groups in total. The molecule has 0 aliphatic rings. The Kier molecular flexibility index (Phi) is 4.07. The summed E-state index contributed by atoms with van der Waals surface area (Å²) in [6.45, 7) is 0. The first-order valence-electron chi connectivity index (χ1n) is 7.61. The van der Waals surface area contributed by atoms with E-state index in [0.29, 0.717) is 10.0 Å². The van der Waals surface area contributed by atoms with Crippen molar-refractivity contribution in [3.63, 3.8) is 0 Å². The molecule has 2 heterocycles. The van der Waals surface area contributed by atoms with Crippen molar-refractivity contribution in [1.82, 2.24) is 4.98 Å². The molecule has 0 saturated heterocycles. The first kappa shape index (κ1) is 15.9. The second kappa shape index (κ2) is 6.38. The number of nitrogens with zero attached hydrogens (tertiary/aromatic N) is 2. The lowest BCUT2D eigenvalue weighted by Crippen LogP contribution is -2.25. The molecule has 2 aromatic carbocycles. The molecule has 0 fully saturated rings. The van der Waals surface area contributed by atoms with Gasteiger partial charge >= 0.3 is 0 Å². The summed E-state index contributed by atoms with van der Waals surface area (Å²) in [6, 6.07) is 17.8. The van der Waals surface area contributed by atoms with Crippen LogP contribution in [0.1, 0.15) is 9.67 Å². The molecule has 0 aliphatic carbocycles. The summed E-state index contributed by atoms with van der Waals surface area (Å²) in [4.78, 5) is 20.4. The molecule has 0 atom stereocenters. The van der Waals surface area contributed by atoms with E-state index in [1.165, 1.54) is 34.8 Å². The van der Waals surface area contributed by atoms with Crippen molar-refractivity contribution in [3.05, 3.63) is 71.4 Å². The molecule has 124 valence electrons. The molecule has 0 aliphatic heterocycles. The number of hydrogen-bond donors (Lipinski definition) is 0. The highest BCUT2D eigenvalue weighted by Gasteiger charge is 2.19. The molecule has 0 unspecified atom stereocenters. The van der Waals surface area contributed by atoms with Crippen LogP contribution < -0.4 is 4.90 Å². The Morgan fingerprint density at radius 1 is 1.00 bits per heavy atom. The third kappa shape index (κ3) is 3.06. The number of halogens is 1. The number of anilines is 1. The summed E-state index contributed by atoms with van der Waals surface area (Å²) in [5.74, 6) is -0.371. The van der Waals surface area contributed by atoms with Gasteiger partial charge in [-0.25, -0.2) is 9.37 Å². The normalized spacial score (nSPS) is 11.0. The molecule has 0 bridgehead atoms. The van der Waals surface area contributed by atoms with Gasteiger partial charge in [0.2, 0.25) is 0 Å². The van der Waals surface area contributed by atoms with E-state index in [0.717, 1.165) is 20.7 Å². The minimum absolute atomic E-state index is 0.0996.